The molecule has 0 aromatic heterocycles. The van der Waals surface area contributed by atoms with Gasteiger partial charge in [0, 0.05) is 12.5 Å². The van der Waals surface area contributed by atoms with Gasteiger partial charge in [0.2, 0.25) is 0 Å². The summed E-state index contributed by atoms with van der Waals surface area (Å²) in [6.45, 7) is 3.60. The van der Waals surface area contributed by atoms with Crippen LogP contribution in [0.15, 0.2) is 23.4 Å². The number of hydrogen-bond donors (Lipinski definition) is 3. The number of aryl methyl sites for hydroxylation is 1. The lowest BCUT2D eigenvalue weighted by Crippen LogP contribution is -2.36. The number of hydrogen-bond acceptors (Lipinski definition) is 3. The smallest absolute Gasteiger partial charge is 0.253 e. The van der Waals surface area contributed by atoms with Crippen LogP contribution in [0.2, 0.25) is 5.02 Å². The Morgan fingerprint density at radius 1 is 1.61 bits per heavy atom. The molecule has 1 atom stereocenters. The van der Waals surface area contributed by atoms with Crippen molar-refractivity contribution in [2.24, 2.45) is 10.9 Å². The second-order valence-corrected chi connectivity index (χ2v) is 4.48. The lowest BCUT2D eigenvalue weighted by Gasteiger charge is -2.14. The van der Waals surface area contributed by atoms with Gasteiger partial charge in [-0.1, -0.05) is 28.9 Å². The third kappa shape index (κ3) is 3.63. The van der Waals surface area contributed by atoms with E-state index in [1.807, 2.05) is 13.0 Å². The number of benzene rings is 1. The van der Waals surface area contributed by atoms with Crippen LogP contribution in [-0.4, -0.2) is 23.0 Å². The van der Waals surface area contributed by atoms with Crippen molar-refractivity contribution < 1.29 is 10.0 Å². The van der Waals surface area contributed by atoms with Crippen LogP contribution in [0.4, 0.5) is 0 Å². The number of rotatable bonds is 4. The molecule has 0 bridgehead atoms. The van der Waals surface area contributed by atoms with Crippen molar-refractivity contribution in [1.82, 2.24) is 5.32 Å². The number of nitrogens with one attached hydrogen (secondary N) is 1. The van der Waals surface area contributed by atoms with Gasteiger partial charge in [-0.3, -0.25) is 4.79 Å². The molecule has 1 aromatic carbocycles. The predicted molar refractivity (Wildman–Crippen MR) is 71.1 cm³/mol. The van der Waals surface area contributed by atoms with Crippen LogP contribution in [0.5, 0.6) is 0 Å². The van der Waals surface area contributed by atoms with Crippen LogP contribution in [-0.2, 0) is 0 Å². The van der Waals surface area contributed by atoms with Gasteiger partial charge in [0.15, 0.2) is 0 Å². The number of halogens is 1. The number of nitrogens with two attached hydrogens (primary N) is 1. The Kier molecular flexibility index (Phi) is 4.97. The first-order valence-electron chi connectivity index (χ1n) is 5.48. The molecule has 1 aromatic rings. The standard InChI is InChI=1S/C12H16ClN3O2/c1-7-4-3-5-9(11(7)13)12(17)15-8(2)6-10(14)16-18/h3-5,8,18H,6H2,1-2H3,(H2,14,16)(H,15,17). The third-order valence-electron chi connectivity index (χ3n) is 2.46. The van der Waals surface area contributed by atoms with Crippen molar-refractivity contribution in [1.29, 1.82) is 0 Å². The second-order valence-electron chi connectivity index (χ2n) is 4.11. The van der Waals surface area contributed by atoms with Crippen LogP contribution < -0.4 is 11.1 Å². The van der Waals surface area contributed by atoms with Gasteiger partial charge in [-0.05, 0) is 25.5 Å². The minimum atomic E-state index is -0.276. The first-order valence-corrected chi connectivity index (χ1v) is 5.86. The molecule has 1 rings (SSSR count). The summed E-state index contributed by atoms with van der Waals surface area (Å²) in [5.41, 5.74) is 6.63. The maximum Gasteiger partial charge on any atom is 0.253 e. The summed E-state index contributed by atoms with van der Waals surface area (Å²) in [5.74, 6) is -0.208. The molecule has 18 heavy (non-hydrogen) atoms. The number of amides is 1. The van der Waals surface area contributed by atoms with Gasteiger partial charge >= 0.3 is 0 Å². The lowest BCUT2D eigenvalue weighted by molar-refractivity contribution is 0.0941. The highest BCUT2D eigenvalue weighted by molar-refractivity contribution is 6.34. The summed E-state index contributed by atoms with van der Waals surface area (Å²) in [6, 6.07) is 5.01. The molecule has 0 fully saturated rings. The quantitative estimate of drug-likeness (QED) is 0.338. The van der Waals surface area contributed by atoms with Gasteiger partial charge in [-0.15, -0.1) is 0 Å². The van der Waals surface area contributed by atoms with Gasteiger partial charge < -0.3 is 16.3 Å². The van der Waals surface area contributed by atoms with E-state index in [1.54, 1.807) is 19.1 Å². The summed E-state index contributed by atoms with van der Waals surface area (Å²) >= 11 is 6.06. The molecule has 6 heteroatoms. The highest BCUT2D eigenvalue weighted by Gasteiger charge is 2.14. The van der Waals surface area contributed by atoms with Crippen LogP contribution in [0.3, 0.4) is 0 Å². The average Bonchev–Trinajstić information content (AvgIpc) is 2.32. The minimum absolute atomic E-state index is 0.0677. The molecular formula is C12H16ClN3O2. The molecule has 5 nitrogen and oxygen atoms in total. The fraction of sp³-hybridized carbons (Fsp3) is 0.333. The Hall–Kier alpha value is -1.75. The van der Waals surface area contributed by atoms with Gasteiger partial charge in [0.25, 0.3) is 5.91 Å². The number of amidine groups is 1. The van der Waals surface area contributed by atoms with Gasteiger partial charge in [0.1, 0.15) is 5.84 Å². The Balaban J connectivity index is 2.74. The Morgan fingerprint density at radius 3 is 2.89 bits per heavy atom. The zero-order valence-corrected chi connectivity index (χ0v) is 11.0. The van der Waals surface area contributed by atoms with E-state index in [0.29, 0.717) is 10.6 Å². The van der Waals surface area contributed by atoms with Crippen molar-refractivity contribution in [3.8, 4) is 0 Å². The maximum absolute atomic E-state index is 12.0. The molecule has 0 saturated carbocycles. The Labute approximate surface area is 111 Å². The molecule has 0 aliphatic heterocycles. The van der Waals surface area contributed by atoms with Crippen molar-refractivity contribution in [2.45, 2.75) is 26.3 Å². The first-order chi connectivity index (χ1) is 8.45. The van der Waals surface area contributed by atoms with Crippen LogP contribution in [0.1, 0.15) is 29.3 Å². The normalized spacial score (nSPS) is 13.2. The minimum Gasteiger partial charge on any atom is -0.409 e. The highest BCUT2D eigenvalue weighted by atomic mass is 35.5. The summed E-state index contributed by atoms with van der Waals surface area (Å²) in [5, 5.41) is 14.5. The molecule has 0 radical (unpaired) electrons. The molecule has 0 spiro atoms. The van der Waals surface area contributed by atoms with Crippen molar-refractivity contribution >= 4 is 23.3 Å². The van der Waals surface area contributed by atoms with Gasteiger partial charge in [-0.2, -0.15) is 0 Å². The predicted octanol–water partition coefficient (Wildman–Crippen LogP) is 1.90. The number of carbonyl (C=O) groups excluding carboxylic acids is 1. The van der Waals surface area contributed by atoms with Crippen molar-refractivity contribution in [3.63, 3.8) is 0 Å². The molecular weight excluding hydrogens is 254 g/mol. The molecule has 0 saturated heterocycles. The molecule has 0 heterocycles. The molecule has 4 N–H and O–H groups in total. The topological polar surface area (TPSA) is 87.7 Å². The zero-order valence-electron chi connectivity index (χ0n) is 10.3. The van der Waals surface area contributed by atoms with Crippen LogP contribution >= 0.6 is 11.6 Å². The van der Waals surface area contributed by atoms with Crippen LogP contribution in [0, 0.1) is 6.92 Å². The van der Waals surface area contributed by atoms with Gasteiger partial charge in [0.05, 0.1) is 10.6 Å². The van der Waals surface area contributed by atoms with Gasteiger partial charge in [-0.25, -0.2) is 0 Å². The molecule has 1 unspecified atom stereocenters. The molecule has 0 aliphatic rings. The molecule has 1 amide bonds. The fourth-order valence-electron chi connectivity index (χ4n) is 1.53. The SMILES string of the molecule is Cc1cccc(C(=O)NC(C)C/C(N)=N/O)c1Cl. The fourth-order valence-corrected chi connectivity index (χ4v) is 1.74. The summed E-state index contributed by atoms with van der Waals surface area (Å²) in [6.07, 6.45) is 0.270. The summed E-state index contributed by atoms with van der Waals surface area (Å²) < 4.78 is 0. The van der Waals surface area contributed by atoms with E-state index in [9.17, 15) is 4.79 Å². The monoisotopic (exact) mass is 269 g/mol. The maximum atomic E-state index is 12.0. The van der Waals surface area contributed by atoms with E-state index >= 15 is 0 Å². The van der Waals surface area contributed by atoms with E-state index in [-0.39, 0.29) is 24.2 Å². The first kappa shape index (κ1) is 14.3. The van der Waals surface area contributed by atoms with E-state index in [2.05, 4.69) is 10.5 Å². The van der Waals surface area contributed by atoms with Crippen molar-refractivity contribution in [3.05, 3.63) is 34.3 Å². The third-order valence-corrected chi connectivity index (χ3v) is 2.96. The lowest BCUT2D eigenvalue weighted by atomic mass is 10.1. The zero-order chi connectivity index (χ0) is 13.7. The summed E-state index contributed by atoms with van der Waals surface area (Å²) in [7, 11) is 0. The number of nitrogens with zero attached hydrogens (tertiary/aromatic N) is 1. The Bertz CT molecular complexity index is 474. The van der Waals surface area contributed by atoms with Crippen LogP contribution in [0.25, 0.3) is 0 Å². The summed E-state index contributed by atoms with van der Waals surface area (Å²) in [4.78, 5) is 12.0. The number of carbonyl (C=O) groups is 1. The Morgan fingerprint density at radius 2 is 2.28 bits per heavy atom. The molecule has 0 aliphatic carbocycles. The van der Waals surface area contributed by atoms with E-state index in [0.717, 1.165) is 5.56 Å². The van der Waals surface area contributed by atoms with E-state index in [4.69, 9.17) is 22.5 Å². The molecule has 98 valence electrons. The second kappa shape index (κ2) is 6.26. The van der Waals surface area contributed by atoms with Crippen molar-refractivity contribution in [2.75, 3.05) is 0 Å². The van der Waals surface area contributed by atoms with E-state index in [1.165, 1.54) is 0 Å². The highest BCUT2D eigenvalue weighted by Crippen LogP contribution is 2.20. The number of oxime groups is 1. The van der Waals surface area contributed by atoms with E-state index < -0.39 is 0 Å². The average molecular weight is 270 g/mol. The largest absolute Gasteiger partial charge is 0.409 e.